The van der Waals surface area contributed by atoms with Crippen molar-refractivity contribution in [1.29, 1.82) is 0 Å². The first-order valence-corrected chi connectivity index (χ1v) is 4.31. The second kappa shape index (κ2) is 4.43. The molecule has 1 rings (SSSR count). The molecule has 84 valence electrons. The minimum atomic E-state index is -4.59. The van der Waals surface area contributed by atoms with Crippen molar-refractivity contribution in [2.24, 2.45) is 5.73 Å². The van der Waals surface area contributed by atoms with Crippen molar-refractivity contribution in [2.75, 3.05) is 6.54 Å². The van der Waals surface area contributed by atoms with E-state index < -0.39 is 17.4 Å². The standard InChI is InChI=1S/C8H10F3N3O/c9-8(10,11)5-4-7(15)14-6(13-5)2-1-3-12/h4H,1-3,12H2,(H,13,14,15). The first-order valence-electron chi connectivity index (χ1n) is 4.31. The number of rotatable bonds is 3. The van der Waals surface area contributed by atoms with E-state index in [-0.39, 0.29) is 12.2 Å². The number of nitrogens with two attached hydrogens (primary N) is 1. The quantitative estimate of drug-likeness (QED) is 0.788. The Kier molecular flexibility index (Phi) is 3.46. The van der Waals surface area contributed by atoms with Crippen molar-refractivity contribution in [3.8, 4) is 0 Å². The lowest BCUT2D eigenvalue weighted by molar-refractivity contribution is -0.141. The summed E-state index contributed by atoms with van der Waals surface area (Å²) in [5, 5.41) is 0. The highest BCUT2D eigenvalue weighted by atomic mass is 19.4. The second-order valence-electron chi connectivity index (χ2n) is 2.97. The van der Waals surface area contributed by atoms with E-state index in [1.807, 2.05) is 0 Å². The second-order valence-corrected chi connectivity index (χ2v) is 2.97. The topological polar surface area (TPSA) is 71.8 Å². The fourth-order valence-electron chi connectivity index (χ4n) is 1.04. The average molecular weight is 221 g/mol. The van der Waals surface area contributed by atoms with Gasteiger partial charge >= 0.3 is 6.18 Å². The number of nitrogens with one attached hydrogen (secondary N) is 1. The zero-order valence-electron chi connectivity index (χ0n) is 7.77. The van der Waals surface area contributed by atoms with E-state index >= 15 is 0 Å². The summed E-state index contributed by atoms with van der Waals surface area (Å²) in [6.07, 6.45) is -3.88. The lowest BCUT2D eigenvalue weighted by Gasteiger charge is -2.06. The number of alkyl halides is 3. The zero-order valence-corrected chi connectivity index (χ0v) is 7.77. The first kappa shape index (κ1) is 11.7. The van der Waals surface area contributed by atoms with E-state index in [0.29, 0.717) is 19.0 Å². The molecule has 0 amide bonds. The molecule has 15 heavy (non-hydrogen) atoms. The molecular weight excluding hydrogens is 211 g/mol. The molecule has 0 radical (unpaired) electrons. The Morgan fingerprint density at radius 1 is 1.47 bits per heavy atom. The molecule has 1 heterocycles. The van der Waals surface area contributed by atoms with Crippen LogP contribution in [0.3, 0.4) is 0 Å². The maximum absolute atomic E-state index is 12.2. The van der Waals surface area contributed by atoms with Crippen LogP contribution in [0.25, 0.3) is 0 Å². The van der Waals surface area contributed by atoms with Crippen molar-refractivity contribution >= 4 is 0 Å². The highest BCUT2D eigenvalue weighted by molar-refractivity contribution is 5.06. The third kappa shape index (κ3) is 3.35. The van der Waals surface area contributed by atoms with Crippen LogP contribution in [0.1, 0.15) is 17.9 Å². The van der Waals surface area contributed by atoms with E-state index in [0.717, 1.165) is 0 Å². The molecule has 0 unspecified atom stereocenters. The maximum Gasteiger partial charge on any atom is 0.433 e. The number of halogens is 3. The van der Waals surface area contributed by atoms with Gasteiger partial charge in [-0.1, -0.05) is 0 Å². The summed E-state index contributed by atoms with van der Waals surface area (Å²) in [6, 6.07) is 0.436. The van der Waals surface area contributed by atoms with E-state index in [2.05, 4.69) is 9.97 Å². The van der Waals surface area contributed by atoms with Gasteiger partial charge in [0.25, 0.3) is 5.56 Å². The normalized spacial score (nSPS) is 11.7. The number of hydrogen-bond donors (Lipinski definition) is 2. The largest absolute Gasteiger partial charge is 0.433 e. The molecule has 0 aliphatic carbocycles. The molecule has 0 bridgehead atoms. The van der Waals surface area contributed by atoms with E-state index in [4.69, 9.17) is 5.73 Å². The molecule has 0 fully saturated rings. The SMILES string of the molecule is NCCCc1nc(C(F)(F)F)cc(=O)[nH]1. The molecule has 3 N–H and O–H groups in total. The number of aromatic nitrogens is 2. The van der Waals surface area contributed by atoms with Crippen molar-refractivity contribution in [3.63, 3.8) is 0 Å². The van der Waals surface area contributed by atoms with Gasteiger partial charge in [-0.3, -0.25) is 4.79 Å². The van der Waals surface area contributed by atoms with Crippen LogP contribution in [-0.4, -0.2) is 16.5 Å². The summed E-state index contributed by atoms with van der Waals surface area (Å²) in [7, 11) is 0. The van der Waals surface area contributed by atoms with Gasteiger partial charge in [-0.15, -0.1) is 0 Å². The van der Waals surface area contributed by atoms with Crippen molar-refractivity contribution in [3.05, 3.63) is 27.9 Å². The monoisotopic (exact) mass is 221 g/mol. The summed E-state index contributed by atoms with van der Waals surface area (Å²) < 4.78 is 36.7. The lowest BCUT2D eigenvalue weighted by atomic mass is 10.3. The van der Waals surface area contributed by atoms with Crippen molar-refractivity contribution < 1.29 is 13.2 Å². The molecule has 7 heteroatoms. The van der Waals surface area contributed by atoms with Crippen molar-refractivity contribution in [2.45, 2.75) is 19.0 Å². The highest BCUT2D eigenvalue weighted by Gasteiger charge is 2.33. The Bertz CT molecular complexity index is 385. The van der Waals surface area contributed by atoms with Crippen LogP contribution < -0.4 is 11.3 Å². The Labute approximate surface area is 83.3 Å². The highest BCUT2D eigenvalue weighted by Crippen LogP contribution is 2.26. The lowest BCUT2D eigenvalue weighted by Crippen LogP contribution is -2.19. The van der Waals surface area contributed by atoms with Gasteiger partial charge in [-0.05, 0) is 13.0 Å². The molecule has 0 aliphatic heterocycles. The van der Waals surface area contributed by atoms with Crippen LogP contribution in [0.2, 0.25) is 0 Å². The van der Waals surface area contributed by atoms with Crippen LogP contribution in [0, 0.1) is 0 Å². The molecular formula is C8H10F3N3O. The van der Waals surface area contributed by atoms with E-state index in [9.17, 15) is 18.0 Å². The van der Waals surface area contributed by atoms with E-state index in [1.165, 1.54) is 0 Å². The van der Waals surface area contributed by atoms with Gasteiger partial charge in [-0.25, -0.2) is 4.98 Å². The zero-order chi connectivity index (χ0) is 11.5. The number of nitrogens with zero attached hydrogens (tertiary/aromatic N) is 1. The number of aromatic amines is 1. The average Bonchev–Trinajstić information content (AvgIpc) is 2.12. The fourth-order valence-corrected chi connectivity index (χ4v) is 1.04. The summed E-state index contributed by atoms with van der Waals surface area (Å²) in [5.41, 5.74) is 3.23. The molecule has 0 aromatic carbocycles. The predicted octanol–water partition coefficient (Wildman–Crippen LogP) is 0.680. The smallest absolute Gasteiger partial charge is 0.330 e. The van der Waals surface area contributed by atoms with Crippen LogP contribution in [0.5, 0.6) is 0 Å². The first-order chi connectivity index (χ1) is 6.93. The van der Waals surface area contributed by atoms with Crippen LogP contribution in [0.4, 0.5) is 13.2 Å². The summed E-state index contributed by atoms with van der Waals surface area (Å²) in [4.78, 5) is 16.4. The van der Waals surface area contributed by atoms with Gasteiger partial charge in [0, 0.05) is 12.5 Å². The summed E-state index contributed by atoms with van der Waals surface area (Å²) in [6.45, 7) is 0.333. The molecule has 1 aromatic heterocycles. The maximum atomic E-state index is 12.2. The van der Waals surface area contributed by atoms with Crippen LogP contribution in [0.15, 0.2) is 10.9 Å². The predicted molar refractivity (Wildman–Crippen MR) is 47.2 cm³/mol. The molecule has 4 nitrogen and oxygen atoms in total. The fraction of sp³-hybridized carbons (Fsp3) is 0.500. The van der Waals surface area contributed by atoms with Crippen LogP contribution >= 0.6 is 0 Å². The van der Waals surface area contributed by atoms with Crippen LogP contribution in [-0.2, 0) is 12.6 Å². The minimum absolute atomic E-state index is 0.0141. The Morgan fingerprint density at radius 2 is 2.13 bits per heavy atom. The summed E-state index contributed by atoms with van der Waals surface area (Å²) >= 11 is 0. The van der Waals surface area contributed by atoms with E-state index in [1.54, 1.807) is 0 Å². The third-order valence-electron chi connectivity index (χ3n) is 1.70. The van der Waals surface area contributed by atoms with Gasteiger partial charge < -0.3 is 10.7 Å². The van der Waals surface area contributed by atoms with Gasteiger partial charge in [-0.2, -0.15) is 13.2 Å². The number of hydrogen-bond acceptors (Lipinski definition) is 3. The molecule has 0 atom stereocenters. The van der Waals surface area contributed by atoms with Gasteiger partial charge in [0.2, 0.25) is 0 Å². The van der Waals surface area contributed by atoms with Gasteiger partial charge in [0.15, 0.2) is 5.69 Å². The van der Waals surface area contributed by atoms with Crippen molar-refractivity contribution in [1.82, 2.24) is 9.97 Å². The third-order valence-corrected chi connectivity index (χ3v) is 1.70. The molecule has 0 aliphatic rings. The Morgan fingerprint density at radius 3 is 2.67 bits per heavy atom. The Balaban J connectivity index is 3.01. The summed E-state index contributed by atoms with van der Waals surface area (Å²) in [5.74, 6) is 0.0141. The Hall–Kier alpha value is -1.37. The van der Waals surface area contributed by atoms with Gasteiger partial charge in [0.05, 0.1) is 0 Å². The molecule has 0 saturated carbocycles. The van der Waals surface area contributed by atoms with Gasteiger partial charge in [0.1, 0.15) is 5.82 Å². The minimum Gasteiger partial charge on any atom is -0.330 e. The molecule has 0 saturated heterocycles. The number of aryl methyl sites for hydroxylation is 1. The number of H-pyrrole nitrogens is 1. The molecule has 0 spiro atoms. The molecule has 1 aromatic rings.